The Kier molecular flexibility index (Phi) is 11.3. The van der Waals surface area contributed by atoms with Gasteiger partial charge in [-0.05, 0) is 44.5 Å². The Balaban J connectivity index is 0.000000358. The topological polar surface area (TPSA) is 115 Å². The van der Waals surface area contributed by atoms with Gasteiger partial charge in [-0.15, -0.1) is 0 Å². The van der Waals surface area contributed by atoms with Crippen LogP contribution in [-0.2, 0) is 16.1 Å². The molecule has 2 aromatic heterocycles. The molecule has 200 valence electrons. The number of carbonyl (C=O) groups excluding carboxylic acids is 3. The van der Waals surface area contributed by atoms with E-state index in [2.05, 4.69) is 20.7 Å². The van der Waals surface area contributed by atoms with Crippen molar-refractivity contribution in [2.75, 3.05) is 7.11 Å². The van der Waals surface area contributed by atoms with E-state index in [4.69, 9.17) is 16.3 Å². The highest BCUT2D eigenvalue weighted by atomic mass is 35.5. The molecule has 2 amide bonds. The lowest BCUT2D eigenvalue weighted by molar-refractivity contribution is -0.108. The number of hydrogen-bond donors (Lipinski definition) is 2. The molecule has 38 heavy (non-hydrogen) atoms. The number of aromatic nitrogens is 3. The summed E-state index contributed by atoms with van der Waals surface area (Å²) in [6.07, 6.45) is 9.39. The predicted octanol–water partition coefficient (Wildman–Crippen LogP) is 4.37. The summed E-state index contributed by atoms with van der Waals surface area (Å²) in [7, 11) is 1.22. The molecule has 2 N–H and O–H groups in total. The zero-order chi connectivity index (χ0) is 28.2. The molecular formula is C26H26ClF2N5O4. The van der Waals surface area contributed by atoms with Crippen LogP contribution in [0.4, 0.5) is 8.78 Å². The van der Waals surface area contributed by atoms with Gasteiger partial charge in [-0.3, -0.25) is 9.59 Å². The van der Waals surface area contributed by atoms with Gasteiger partial charge in [0.1, 0.15) is 5.69 Å². The van der Waals surface area contributed by atoms with Crippen LogP contribution in [0.3, 0.4) is 0 Å². The number of rotatable bonds is 8. The second kappa shape index (κ2) is 14.4. The van der Waals surface area contributed by atoms with Gasteiger partial charge in [0, 0.05) is 23.2 Å². The summed E-state index contributed by atoms with van der Waals surface area (Å²) in [5.41, 5.74) is 2.03. The molecule has 0 aliphatic heterocycles. The maximum absolute atomic E-state index is 13.2. The Morgan fingerprint density at radius 3 is 2.53 bits per heavy atom. The molecule has 3 aromatic rings. The van der Waals surface area contributed by atoms with Gasteiger partial charge in [0.05, 0.1) is 19.0 Å². The predicted molar refractivity (Wildman–Crippen MR) is 138 cm³/mol. The molecule has 1 aromatic carbocycles. The Morgan fingerprint density at radius 1 is 1.18 bits per heavy atom. The number of methoxy groups -OCH3 is 1. The first kappa shape index (κ1) is 29.8. The summed E-state index contributed by atoms with van der Waals surface area (Å²) >= 11 is 5.68. The van der Waals surface area contributed by atoms with E-state index in [9.17, 15) is 23.2 Å². The molecule has 12 heteroatoms. The summed E-state index contributed by atoms with van der Waals surface area (Å²) in [6, 6.07) is 4.58. The van der Waals surface area contributed by atoms with Crippen LogP contribution >= 0.6 is 11.6 Å². The molecule has 0 aliphatic carbocycles. The van der Waals surface area contributed by atoms with Crippen LogP contribution in [0.1, 0.15) is 46.0 Å². The molecule has 0 spiro atoms. The first-order valence-electron chi connectivity index (χ1n) is 11.1. The van der Waals surface area contributed by atoms with Gasteiger partial charge in [0.15, 0.2) is 23.0 Å². The lowest BCUT2D eigenvalue weighted by atomic mass is 10.2. The standard InChI is InChI=1S/C17H14F2N4O3.C9H12ClNO/c1-9-7-21-23-14(17(25)26-2)6-13(22-15(9)23)16(24)20-8-10-3-4-11(18)12(19)5-10;1-3-4-5-6-9(8(2)10)11-7-12/h3-7H,8H2,1-2H3,(H,20,24);3-7H,1-2H3,(H,11,12)/b;4-3-,6-5-,9-8-. The number of hydrogen-bond acceptors (Lipinski definition) is 6. The third-order valence-corrected chi connectivity index (χ3v) is 5.07. The fraction of sp³-hybridized carbons (Fsp3) is 0.192. The van der Waals surface area contributed by atoms with Crippen molar-refractivity contribution in [2.45, 2.75) is 27.3 Å². The SMILES string of the molecule is COC(=O)c1cc(C(=O)NCc2ccc(F)c(F)c2)nc2c(C)cnn12.C\C=C/C=C\C(NC=O)=C(/C)Cl. The largest absolute Gasteiger partial charge is 0.464 e. The Labute approximate surface area is 222 Å². The van der Waals surface area contributed by atoms with Crippen LogP contribution in [0.25, 0.3) is 5.65 Å². The molecule has 0 atom stereocenters. The van der Waals surface area contributed by atoms with Gasteiger partial charge < -0.3 is 15.4 Å². The summed E-state index contributed by atoms with van der Waals surface area (Å²) < 4.78 is 32.2. The lowest BCUT2D eigenvalue weighted by Crippen LogP contribution is -2.25. The molecule has 0 bridgehead atoms. The molecule has 0 aliphatic rings. The highest BCUT2D eigenvalue weighted by Crippen LogP contribution is 2.14. The molecule has 2 heterocycles. The normalized spacial score (nSPS) is 11.7. The summed E-state index contributed by atoms with van der Waals surface area (Å²) in [5.74, 6) is -3.22. The summed E-state index contributed by atoms with van der Waals surface area (Å²) in [6.45, 7) is 5.33. The van der Waals surface area contributed by atoms with E-state index in [-0.39, 0.29) is 17.9 Å². The summed E-state index contributed by atoms with van der Waals surface area (Å²) in [5, 5.41) is 9.64. The molecule has 9 nitrogen and oxygen atoms in total. The van der Waals surface area contributed by atoms with E-state index < -0.39 is 23.5 Å². The van der Waals surface area contributed by atoms with Crippen LogP contribution < -0.4 is 10.6 Å². The van der Waals surface area contributed by atoms with E-state index in [1.54, 1.807) is 26.0 Å². The van der Waals surface area contributed by atoms with Crippen molar-refractivity contribution in [1.82, 2.24) is 25.2 Å². The monoisotopic (exact) mass is 545 g/mol. The quantitative estimate of drug-likeness (QED) is 0.247. The average molecular weight is 546 g/mol. The van der Waals surface area contributed by atoms with Crippen molar-refractivity contribution in [2.24, 2.45) is 0 Å². The van der Waals surface area contributed by atoms with E-state index >= 15 is 0 Å². The average Bonchev–Trinajstić information content (AvgIpc) is 3.28. The fourth-order valence-electron chi connectivity index (χ4n) is 2.95. The number of nitrogens with one attached hydrogen (secondary N) is 2. The Hall–Kier alpha value is -4.38. The number of carbonyl (C=O) groups is 3. The van der Waals surface area contributed by atoms with Crippen molar-refractivity contribution in [1.29, 1.82) is 0 Å². The van der Waals surface area contributed by atoms with E-state index in [0.29, 0.717) is 33.9 Å². The molecule has 0 radical (unpaired) electrons. The van der Waals surface area contributed by atoms with Crippen LogP contribution in [-0.4, -0.2) is 40.0 Å². The zero-order valence-electron chi connectivity index (χ0n) is 21.1. The van der Waals surface area contributed by atoms with Crippen LogP contribution in [0, 0.1) is 18.6 Å². The molecular weight excluding hydrogens is 520 g/mol. The van der Waals surface area contributed by atoms with Crippen molar-refractivity contribution < 1.29 is 27.9 Å². The highest BCUT2D eigenvalue weighted by molar-refractivity contribution is 6.29. The van der Waals surface area contributed by atoms with Gasteiger partial charge >= 0.3 is 5.97 Å². The first-order valence-corrected chi connectivity index (χ1v) is 11.5. The summed E-state index contributed by atoms with van der Waals surface area (Å²) in [4.78, 5) is 38.6. The van der Waals surface area contributed by atoms with Gasteiger partial charge in [-0.25, -0.2) is 23.1 Å². The minimum atomic E-state index is -1.00. The number of allylic oxidation sites excluding steroid dienone is 5. The number of nitrogens with zero attached hydrogens (tertiary/aromatic N) is 3. The molecule has 0 unspecified atom stereocenters. The number of aryl methyl sites for hydroxylation is 1. The van der Waals surface area contributed by atoms with E-state index in [1.807, 2.05) is 19.1 Å². The maximum Gasteiger partial charge on any atom is 0.356 e. The molecule has 0 saturated heterocycles. The van der Waals surface area contributed by atoms with Crippen LogP contribution in [0.5, 0.6) is 0 Å². The van der Waals surface area contributed by atoms with Crippen LogP contribution in [0.2, 0.25) is 0 Å². The maximum atomic E-state index is 13.2. The minimum absolute atomic E-state index is 0.0240. The van der Waals surface area contributed by atoms with Gasteiger partial charge in [-0.1, -0.05) is 35.9 Å². The highest BCUT2D eigenvalue weighted by Gasteiger charge is 2.19. The number of halogens is 3. The second-order valence-corrected chi connectivity index (χ2v) is 8.17. The Morgan fingerprint density at radius 2 is 1.92 bits per heavy atom. The van der Waals surface area contributed by atoms with Crippen molar-refractivity contribution >= 4 is 35.5 Å². The Bertz CT molecular complexity index is 1410. The third-order valence-electron chi connectivity index (χ3n) is 4.86. The van der Waals surface area contributed by atoms with Gasteiger partial charge in [0.2, 0.25) is 6.41 Å². The van der Waals surface area contributed by atoms with E-state index in [0.717, 1.165) is 12.1 Å². The fourth-order valence-corrected chi connectivity index (χ4v) is 3.07. The lowest BCUT2D eigenvalue weighted by Gasteiger charge is -2.08. The number of amides is 2. The van der Waals surface area contributed by atoms with Crippen molar-refractivity contribution in [3.63, 3.8) is 0 Å². The molecule has 0 fully saturated rings. The van der Waals surface area contributed by atoms with Crippen LogP contribution in [0.15, 0.2) is 65.5 Å². The van der Waals surface area contributed by atoms with E-state index in [1.165, 1.54) is 30.0 Å². The minimum Gasteiger partial charge on any atom is -0.464 e. The zero-order valence-corrected chi connectivity index (χ0v) is 21.8. The molecule has 3 rings (SSSR count). The number of fused-ring (bicyclic) bond motifs is 1. The van der Waals surface area contributed by atoms with Gasteiger partial charge in [-0.2, -0.15) is 5.10 Å². The number of esters is 1. The number of benzene rings is 1. The van der Waals surface area contributed by atoms with Crippen molar-refractivity contribution in [3.05, 3.63) is 99.6 Å². The molecule has 0 saturated carbocycles. The number of ether oxygens (including phenoxy) is 1. The van der Waals surface area contributed by atoms with Crippen molar-refractivity contribution in [3.8, 4) is 0 Å². The smallest absolute Gasteiger partial charge is 0.356 e. The third kappa shape index (κ3) is 8.07. The second-order valence-electron chi connectivity index (χ2n) is 7.61. The first-order chi connectivity index (χ1) is 18.1. The van der Waals surface area contributed by atoms with Gasteiger partial charge in [0.25, 0.3) is 5.91 Å².